The summed E-state index contributed by atoms with van der Waals surface area (Å²) in [5.41, 5.74) is 2.80. The minimum Gasteiger partial charge on any atom is -0.368 e. The van der Waals surface area contributed by atoms with Gasteiger partial charge in [0.05, 0.1) is 10.6 Å². The van der Waals surface area contributed by atoms with E-state index in [-0.39, 0.29) is 21.6 Å². The highest BCUT2D eigenvalue weighted by Crippen LogP contribution is 2.31. The number of nitrogens with one attached hydrogen (secondary N) is 2. The molecule has 4 rings (SSSR count). The molecular formula is C21H22ClN5O3S2. The van der Waals surface area contributed by atoms with Crippen molar-refractivity contribution in [2.24, 2.45) is 0 Å². The molecule has 1 aliphatic rings. The lowest BCUT2D eigenvalue weighted by Crippen LogP contribution is -2.33. The molecule has 0 saturated carbocycles. The van der Waals surface area contributed by atoms with E-state index < -0.39 is 15.9 Å². The number of para-hydroxylation sites is 1. The van der Waals surface area contributed by atoms with Gasteiger partial charge in [0.1, 0.15) is 0 Å². The van der Waals surface area contributed by atoms with Crippen molar-refractivity contribution in [3.05, 3.63) is 64.7 Å². The Labute approximate surface area is 195 Å². The summed E-state index contributed by atoms with van der Waals surface area (Å²) in [6, 6.07) is 15.2. The first-order chi connectivity index (χ1) is 15.3. The van der Waals surface area contributed by atoms with Crippen LogP contribution in [0.15, 0.2) is 52.9 Å². The Bertz CT molecular complexity index is 1230. The SMILES string of the molecule is C[C@@H]1Cc2ccccc2N1CCCNS(=O)(=O)c1nnc(NC(=O)c2ccccc2Cl)s1. The van der Waals surface area contributed by atoms with E-state index in [0.717, 1.165) is 24.3 Å². The average molecular weight is 492 g/mol. The third-order valence-corrected chi connectivity index (χ3v) is 8.19. The van der Waals surface area contributed by atoms with Gasteiger partial charge >= 0.3 is 0 Å². The smallest absolute Gasteiger partial charge is 0.269 e. The maximum atomic E-state index is 12.6. The molecule has 2 heterocycles. The van der Waals surface area contributed by atoms with Gasteiger partial charge in [0.15, 0.2) is 0 Å². The lowest BCUT2D eigenvalue weighted by molar-refractivity contribution is 0.102. The predicted molar refractivity (Wildman–Crippen MR) is 126 cm³/mol. The number of benzene rings is 2. The predicted octanol–water partition coefficient (Wildman–Crippen LogP) is 3.56. The van der Waals surface area contributed by atoms with E-state index in [2.05, 4.69) is 44.2 Å². The van der Waals surface area contributed by atoms with Gasteiger partial charge in [-0.05, 0) is 43.5 Å². The van der Waals surface area contributed by atoms with E-state index in [1.165, 1.54) is 11.3 Å². The van der Waals surface area contributed by atoms with Gasteiger partial charge in [0.25, 0.3) is 15.9 Å². The van der Waals surface area contributed by atoms with E-state index in [0.29, 0.717) is 17.5 Å². The van der Waals surface area contributed by atoms with Gasteiger partial charge in [-0.25, -0.2) is 13.1 Å². The molecule has 0 radical (unpaired) electrons. The van der Waals surface area contributed by atoms with Crippen molar-refractivity contribution in [1.29, 1.82) is 0 Å². The summed E-state index contributed by atoms with van der Waals surface area (Å²) in [7, 11) is -3.82. The number of rotatable bonds is 8. The highest BCUT2D eigenvalue weighted by Gasteiger charge is 2.25. The van der Waals surface area contributed by atoms with E-state index in [1.54, 1.807) is 24.3 Å². The molecule has 0 aliphatic carbocycles. The van der Waals surface area contributed by atoms with Crippen LogP contribution in [0, 0.1) is 0 Å². The first-order valence-corrected chi connectivity index (χ1v) is 12.8. The van der Waals surface area contributed by atoms with Crippen molar-refractivity contribution in [3.63, 3.8) is 0 Å². The van der Waals surface area contributed by atoms with Crippen molar-refractivity contribution < 1.29 is 13.2 Å². The van der Waals surface area contributed by atoms with Crippen LogP contribution in [0.5, 0.6) is 0 Å². The Hall–Kier alpha value is -2.53. The molecule has 1 amide bonds. The fraction of sp³-hybridized carbons (Fsp3) is 0.286. The van der Waals surface area contributed by atoms with Crippen LogP contribution in [-0.2, 0) is 16.4 Å². The number of fused-ring (bicyclic) bond motifs is 1. The number of anilines is 2. The molecule has 0 unspecified atom stereocenters. The number of aromatic nitrogens is 2. The molecule has 1 aliphatic heterocycles. The maximum absolute atomic E-state index is 12.6. The molecular weight excluding hydrogens is 470 g/mol. The van der Waals surface area contributed by atoms with Gasteiger partial charge in [0, 0.05) is 24.8 Å². The van der Waals surface area contributed by atoms with Gasteiger partial charge in [0.2, 0.25) is 9.47 Å². The molecule has 0 spiro atoms. The van der Waals surface area contributed by atoms with Crippen LogP contribution >= 0.6 is 22.9 Å². The topological polar surface area (TPSA) is 104 Å². The van der Waals surface area contributed by atoms with Crippen molar-refractivity contribution in [2.45, 2.75) is 30.1 Å². The fourth-order valence-electron chi connectivity index (χ4n) is 3.67. The molecule has 0 bridgehead atoms. The molecule has 1 aromatic heterocycles. The van der Waals surface area contributed by atoms with E-state index in [9.17, 15) is 13.2 Å². The first kappa shape index (κ1) is 22.7. The van der Waals surface area contributed by atoms with Crippen molar-refractivity contribution >= 4 is 49.7 Å². The number of amides is 1. The van der Waals surface area contributed by atoms with Gasteiger partial charge in [-0.2, -0.15) is 0 Å². The van der Waals surface area contributed by atoms with Crippen LogP contribution in [0.25, 0.3) is 0 Å². The summed E-state index contributed by atoms with van der Waals surface area (Å²) >= 11 is 6.80. The zero-order valence-electron chi connectivity index (χ0n) is 17.3. The number of halogens is 1. The first-order valence-electron chi connectivity index (χ1n) is 10.1. The summed E-state index contributed by atoms with van der Waals surface area (Å²) in [6.45, 7) is 3.19. The summed E-state index contributed by atoms with van der Waals surface area (Å²) in [5.74, 6) is -0.483. The third-order valence-electron chi connectivity index (χ3n) is 5.19. The molecule has 2 aromatic carbocycles. The number of sulfonamides is 1. The molecule has 0 fully saturated rings. The normalized spacial score (nSPS) is 15.6. The third kappa shape index (κ3) is 4.93. The second-order valence-corrected chi connectivity index (χ2v) is 10.8. The minimum absolute atomic E-state index is 0.0813. The van der Waals surface area contributed by atoms with Crippen molar-refractivity contribution in [1.82, 2.24) is 14.9 Å². The summed E-state index contributed by atoms with van der Waals surface area (Å²) in [5, 5.41) is 10.4. The molecule has 8 nitrogen and oxygen atoms in total. The minimum atomic E-state index is -3.82. The Morgan fingerprint density at radius 2 is 1.94 bits per heavy atom. The summed E-state index contributed by atoms with van der Waals surface area (Å²) in [6.07, 6.45) is 1.64. The molecule has 168 valence electrons. The van der Waals surface area contributed by atoms with Gasteiger partial charge in [-0.1, -0.05) is 53.3 Å². The van der Waals surface area contributed by atoms with Crippen LogP contribution in [-0.4, -0.2) is 43.7 Å². The number of carbonyl (C=O) groups is 1. The Morgan fingerprint density at radius 1 is 1.19 bits per heavy atom. The Kier molecular flexibility index (Phi) is 6.75. The molecule has 2 N–H and O–H groups in total. The van der Waals surface area contributed by atoms with Crippen LogP contribution in [0.3, 0.4) is 0 Å². The molecule has 1 atom stereocenters. The van der Waals surface area contributed by atoms with Crippen molar-refractivity contribution in [2.75, 3.05) is 23.3 Å². The Balaban J connectivity index is 1.31. The number of hydrogen-bond donors (Lipinski definition) is 2. The monoisotopic (exact) mass is 491 g/mol. The zero-order chi connectivity index (χ0) is 22.7. The second kappa shape index (κ2) is 9.53. The molecule has 32 heavy (non-hydrogen) atoms. The maximum Gasteiger partial charge on any atom is 0.269 e. The van der Waals surface area contributed by atoms with Crippen LogP contribution < -0.4 is 14.9 Å². The van der Waals surface area contributed by atoms with Crippen LogP contribution in [0.4, 0.5) is 10.8 Å². The van der Waals surface area contributed by atoms with Crippen LogP contribution in [0.2, 0.25) is 5.02 Å². The van der Waals surface area contributed by atoms with Gasteiger partial charge in [-0.3, -0.25) is 10.1 Å². The lowest BCUT2D eigenvalue weighted by atomic mass is 10.1. The molecule has 0 saturated heterocycles. The lowest BCUT2D eigenvalue weighted by Gasteiger charge is -2.24. The van der Waals surface area contributed by atoms with E-state index in [4.69, 9.17) is 11.6 Å². The van der Waals surface area contributed by atoms with E-state index >= 15 is 0 Å². The number of hydrogen-bond acceptors (Lipinski definition) is 7. The second-order valence-electron chi connectivity index (χ2n) is 7.43. The van der Waals surface area contributed by atoms with Crippen LogP contribution in [0.1, 0.15) is 29.3 Å². The summed E-state index contributed by atoms with van der Waals surface area (Å²) in [4.78, 5) is 14.6. The molecule has 3 aromatic rings. The quantitative estimate of drug-likeness (QED) is 0.369. The molecule has 11 heteroatoms. The average Bonchev–Trinajstić information content (AvgIpc) is 3.36. The number of nitrogens with zero attached hydrogens (tertiary/aromatic N) is 3. The highest BCUT2D eigenvalue weighted by molar-refractivity contribution is 7.91. The Morgan fingerprint density at radius 3 is 2.75 bits per heavy atom. The number of carbonyl (C=O) groups excluding carboxylic acids is 1. The summed E-state index contributed by atoms with van der Waals surface area (Å²) < 4.78 is 27.5. The fourth-order valence-corrected chi connectivity index (χ4v) is 5.90. The van der Waals surface area contributed by atoms with Gasteiger partial charge in [-0.15, -0.1) is 10.2 Å². The highest BCUT2D eigenvalue weighted by atomic mass is 35.5. The van der Waals surface area contributed by atoms with Gasteiger partial charge < -0.3 is 4.90 Å². The van der Waals surface area contributed by atoms with E-state index in [1.807, 2.05) is 12.1 Å². The zero-order valence-corrected chi connectivity index (χ0v) is 19.7. The largest absolute Gasteiger partial charge is 0.368 e. The standard InChI is InChI=1S/C21H22ClN5O3S2/c1-14-13-15-7-2-5-10-18(15)27(14)12-6-11-23-32(29,30)21-26-25-20(31-21)24-19(28)16-8-3-4-9-17(16)22/h2-5,7-10,14,23H,6,11-13H2,1H3,(H,24,25,28)/t14-/m1/s1. The van der Waals surface area contributed by atoms with Crippen molar-refractivity contribution in [3.8, 4) is 0 Å².